The molecule has 0 saturated carbocycles. The number of rotatable bonds is 6. The number of nitrogens with two attached hydrogens (primary N) is 1. The van der Waals surface area contributed by atoms with Crippen LogP contribution in [0.3, 0.4) is 0 Å². The number of amides is 1. The van der Waals surface area contributed by atoms with Crippen LogP contribution in [0.2, 0.25) is 10.0 Å². The number of halogens is 2. The van der Waals surface area contributed by atoms with Gasteiger partial charge in [-0.2, -0.15) is 0 Å². The van der Waals surface area contributed by atoms with Crippen LogP contribution in [0.5, 0.6) is 11.5 Å². The van der Waals surface area contributed by atoms with E-state index in [2.05, 4.69) is 9.68 Å². The Labute approximate surface area is 190 Å². The minimum atomic E-state index is -0.968. The summed E-state index contributed by atoms with van der Waals surface area (Å²) in [6.07, 6.45) is 1.53. The maximum Gasteiger partial charge on any atom is 0.446 e. The first-order valence-electron chi connectivity index (χ1n) is 9.13. The Kier molecular flexibility index (Phi) is 5.85. The van der Waals surface area contributed by atoms with E-state index >= 15 is 0 Å². The van der Waals surface area contributed by atoms with E-state index < -0.39 is 17.5 Å². The van der Waals surface area contributed by atoms with Crippen molar-refractivity contribution in [2.45, 2.75) is 6.54 Å². The molecule has 2 N–H and O–H groups in total. The van der Waals surface area contributed by atoms with Crippen LogP contribution in [0.4, 0.5) is 0 Å². The van der Waals surface area contributed by atoms with Crippen molar-refractivity contribution in [3.8, 4) is 17.2 Å². The monoisotopic (exact) mass is 472 g/mol. The quantitative estimate of drug-likeness (QED) is 0.459. The molecule has 0 saturated heterocycles. The van der Waals surface area contributed by atoms with Crippen LogP contribution in [0.15, 0.2) is 74.9 Å². The van der Waals surface area contributed by atoms with Crippen molar-refractivity contribution in [3.63, 3.8) is 0 Å². The van der Waals surface area contributed by atoms with Gasteiger partial charge in [0.25, 0.3) is 11.5 Å². The van der Waals surface area contributed by atoms with Crippen LogP contribution in [-0.4, -0.2) is 20.2 Å². The zero-order valence-electron chi connectivity index (χ0n) is 16.2. The Balaban J connectivity index is 1.67. The Bertz CT molecular complexity index is 1400. The first-order chi connectivity index (χ1) is 15.3. The molecule has 4 rings (SSSR count). The highest BCUT2D eigenvalue weighted by Gasteiger charge is 2.20. The van der Waals surface area contributed by atoms with Crippen molar-refractivity contribution in [3.05, 3.63) is 103 Å². The maximum atomic E-state index is 12.2. The molecule has 11 heteroatoms. The summed E-state index contributed by atoms with van der Waals surface area (Å²) >= 11 is 12.7. The Morgan fingerprint density at radius 2 is 1.75 bits per heavy atom. The fourth-order valence-corrected chi connectivity index (χ4v) is 3.55. The average molecular weight is 473 g/mol. The number of ether oxygens (including phenoxy) is 1. The molecule has 0 spiro atoms. The summed E-state index contributed by atoms with van der Waals surface area (Å²) in [5.74, 6) is -1.91. The number of carbonyl (C=O) groups is 1. The number of hydrogen-bond donors (Lipinski definition) is 1. The third kappa shape index (κ3) is 4.29. The minimum absolute atomic E-state index is 0.0387. The molecule has 9 nitrogen and oxygen atoms in total. The molecule has 0 radical (unpaired) electrons. The summed E-state index contributed by atoms with van der Waals surface area (Å²) in [6, 6.07) is 15.0. The van der Waals surface area contributed by atoms with Crippen molar-refractivity contribution in [2.75, 3.05) is 0 Å². The first-order valence-corrected chi connectivity index (χ1v) is 9.89. The standard InChI is InChI=1S/C21H14Cl2N4O5/c22-15-8-13(27-20(19(24)29)25-32-21(27)30)9-16(23)18(15)31-14-6-7-17(28)26(11-14)10-12-4-2-1-3-5-12/h1-9,11H,10H2,(H2,24,29). The van der Waals surface area contributed by atoms with Crippen LogP contribution in [-0.2, 0) is 6.54 Å². The van der Waals surface area contributed by atoms with Crippen LogP contribution >= 0.6 is 23.2 Å². The largest absolute Gasteiger partial charge is 0.453 e. The molecule has 0 aliphatic carbocycles. The highest BCUT2D eigenvalue weighted by Crippen LogP contribution is 2.38. The van der Waals surface area contributed by atoms with Crippen molar-refractivity contribution in [1.82, 2.24) is 14.3 Å². The highest BCUT2D eigenvalue weighted by atomic mass is 35.5. The predicted octanol–water partition coefficient (Wildman–Crippen LogP) is 3.23. The lowest BCUT2D eigenvalue weighted by atomic mass is 10.2. The Morgan fingerprint density at radius 1 is 1.06 bits per heavy atom. The van der Waals surface area contributed by atoms with Crippen LogP contribution in [0, 0.1) is 0 Å². The third-order valence-corrected chi connectivity index (χ3v) is 5.00. The fraction of sp³-hybridized carbons (Fsp3) is 0.0476. The molecule has 2 aromatic carbocycles. The number of nitrogens with zero attached hydrogens (tertiary/aromatic N) is 3. The van der Waals surface area contributed by atoms with Gasteiger partial charge < -0.3 is 15.0 Å². The van der Waals surface area contributed by atoms with Gasteiger partial charge >= 0.3 is 5.76 Å². The molecule has 2 heterocycles. The molecule has 0 fully saturated rings. The van der Waals surface area contributed by atoms with E-state index in [0.29, 0.717) is 12.3 Å². The average Bonchev–Trinajstić information content (AvgIpc) is 3.15. The summed E-state index contributed by atoms with van der Waals surface area (Å²) in [5.41, 5.74) is 6.06. The maximum absolute atomic E-state index is 12.2. The normalized spacial score (nSPS) is 10.8. The molecule has 32 heavy (non-hydrogen) atoms. The second kappa shape index (κ2) is 8.74. The second-order valence-electron chi connectivity index (χ2n) is 6.63. The van der Waals surface area contributed by atoms with Crippen molar-refractivity contribution >= 4 is 29.1 Å². The molecular formula is C21H14Cl2N4O5. The summed E-state index contributed by atoms with van der Waals surface area (Å²) < 4.78 is 12.6. The van der Waals surface area contributed by atoms with Crippen LogP contribution in [0.1, 0.15) is 16.2 Å². The van der Waals surface area contributed by atoms with Crippen molar-refractivity contribution in [1.29, 1.82) is 0 Å². The fourth-order valence-electron chi connectivity index (χ4n) is 3.00. The van der Waals surface area contributed by atoms with Crippen LogP contribution in [0.25, 0.3) is 5.69 Å². The van der Waals surface area contributed by atoms with Gasteiger partial charge in [0.2, 0.25) is 5.82 Å². The van der Waals surface area contributed by atoms with Crippen LogP contribution < -0.4 is 21.8 Å². The number of primary amides is 1. The van der Waals surface area contributed by atoms with E-state index in [0.717, 1.165) is 10.1 Å². The molecule has 1 amide bonds. The first kappa shape index (κ1) is 21.4. The predicted molar refractivity (Wildman–Crippen MR) is 117 cm³/mol. The molecule has 0 aliphatic rings. The molecule has 4 aromatic rings. The number of pyridine rings is 1. The van der Waals surface area contributed by atoms with Crippen molar-refractivity contribution < 1.29 is 14.1 Å². The van der Waals surface area contributed by atoms with Gasteiger partial charge in [-0.25, -0.2) is 9.36 Å². The van der Waals surface area contributed by atoms with E-state index in [1.807, 2.05) is 30.3 Å². The van der Waals surface area contributed by atoms with E-state index in [1.165, 1.54) is 35.0 Å². The Morgan fingerprint density at radius 3 is 2.41 bits per heavy atom. The molecule has 0 unspecified atom stereocenters. The molecule has 162 valence electrons. The lowest BCUT2D eigenvalue weighted by molar-refractivity contribution is 0.0985. The van der Waals surface area contributed by atoms with E-state index in [4.69, 9.17) is 33.7 Å². The van der Waals surface area contributed by atoms with Crippen molar-refractivity contribution in [2.24, 2.45) is 5.73 Å². The van der Waals surface area contributed by atoms with Gasteiger partial charge in [-0.1, -0.05) is 53.5 Å². The third-order valence-electron chi connectivity index (χ3n) is 4.44. The second-order valence-corrected chi connectivity index (χ2v) is 7.44. The van der Waals surface area contributed by atoms with Gasteiger partial charge in [-0.3, -0.25) is 14.1 Å². The lowest BCUT2D eigenvalue weighted by Gasteiger charge is -2.13. The zero-order valence-corrected chi connectivity index (χ0v) is 17.7. The SMILES string of the molecule is NC(=O)c1noc(=O)n1-c1cc(Cl)c(Oc2ccc(=O)n(Cc3ccccc3)c2)c(Cl)c1. The summed E-state index contributed by atoms with van der Waals surface area (Å²) in [7, 11) is 0. The topological polar surface area (TPSA) is 122 Å². The number of carbonyl (C=O) groups excluding carboxylic acids is 1. The van der Waals surface area contributed by atoms with E-state index in [-0.39, 0.29) is 27.0 Å². The van der Waals surface area contributed by atoms with Gasteiger partial charge in [0.15, 0.2) is 5.75 Å². The number of aromatic nitrogens is 3. The smallest absolute Gasteiger partial charge is 0.446 e. The van der Waals surface area contributed by atoms with E-state index in [1.54, 1.807) is 0 Å². The van der Waals surface area contributed by atoms with Gasteiger partial charge in [-0.05, 0) is 28.9 Å². The lowest BCUT2D eigenvalue weighted by Crippen LogP contribution is -2.22. The van der Waals surface area contributed by atoms with Gasteiger partial charge in [0.1, 0.15) is 5.75 Å². The number of benzene rings is 2. The Hall–Kier alpha value is -3.82. The highest BCUT2D eigenvalue weighted by molar-refractivity contribution is 6.37. The van der Waals surface area contributed by atoms with Gasteiger partial charge in [0, 0.05) is 6.07 Å². The number of hydrogen-bond acceptors (Lipinski definition) is 6. The summed E-state index contributed by atoms with van der Waals surface area (Å²) in [5, 5.41) is 3.42. The molecular weight excluding hydrogens is 459 g/mol. The zero-order chi connectivity index (χ0) is 22.8. The van der Waals surface area contributed by atoms with E-state index in [9.17, 15) is 14.4 Å². The van der Waals surface area contributed by atoms with Gasteiger partial charge in [-0.15, -0.1) is 0 Å². The minimum Gasteiger partial charge on any atom is -0.453 e. The molecule has 0 atom stereocenters. The summed E-state index contributed by atoms with van der Waals surface area (Å²) in [4.78, 5) is 35.7. The van der Waals surface area contributed by atoms with Gasteiger partial charge in [0.05, 0.1) is 28.5 Å². The molecule has 0 bridgehead atoms. The molecule has 2 aromatic heterocycles. The summed E-state index contributed by atoms with van der Waals surface area (Å²) in [6.45, 7) is 0.351. The molecule has 0 aliphatic heterocycles.